The van der Waals surface area contributed by atoms with Gasteiger partial charge in [-0.25, -0.2) is 0 Å². The lowest BCUT2D eigenvalue weighted by atomic mass is 9.96. The molecule has 0 fully saturated rings. The fourth-order valence-corrected chi connectivity index (χ4v) is 2.36. The molecule has 1 atom stereocenters. The number of aryl methyl sites for hydroxylation is 2. The molecule has 0 aliphatic carbocycles. The normalized spacial score (nSPS) is 12.2. The van der Waals surface area contributed by atoms with E-state index < -0.39 is 0 Å². The van der Waals surface area contributed by atoms with Crippen LogP contribution in [0.15, 0.2) is 34.9 Å². The number of carbonyl (C=O) groups excluding carboxylic acids is 1. The third-order valence-corrected chi connectivity index (χ3v) is 3.74. The van der Waals surface area contributed by atoms with Crippen molar-refractivity contribution in [2.45, 2.75) is 40.0 Å². The Morgan fingerprint density at radius 1 is 1.30 bits per heavy atom. The number of para-hydroxylation sites is 1. The number of carbonyl (C=O) groups is 1. The molecule has 0 aliphatic rings. The summed E-state index contributed by atoms with van der Waals surface area (Å²) >= 11 is 0. The van der Waals surface area contributed by atoms with Crippen molar-refractivity contribution in [2.75, 3.05) is 5.32 Å². The summed E-state index contributed by atoms with van der Waals surface area (Å²) in [7, 11) is 0. The van der Waals surface area contributed by atoms with Crippen molar-refractivity contribution in [2.24, 2.45) is 0 Å². The number of rotatable bonds is 4. The summed E-state index contributed by atoms with van der Waals surface area (Å²) in [5, 5.41) is 3.01. The maximum absolute atomic E-state index is 12.4. The van der Waals surface area contributed by atoms with Crippen LogP contribution in [0.3, 0.4) is 0 Å². The SMILES string of the molecule is CCC(C)c1ccccc1NC(=O)c1c(C)coc1C. The van der Waals surface area contributed by atoms with Gasteiger partial charge in [0.2, 0.25) is 0 Å². The number of furan rings is 1. The average Bonchev–Trinajstić information content (AvgIpc) is 2.78. The van der Waals surface area contributed by atoms with Crippen LogP contribution < -0.4 is 5.32 Å². The van der Waals surface area contributed by atoms with Gasteiger partial charge in [0, 0.05) is 11.3 Å². The number of nitrogens with one attached hydrogen (secondary N) is 1. The molecule has 3 heteroatoms. The minimum atomic E-state index is -0.107. The lowest BCUT2D eigenvalue weighted by Crippen LogP contribution is -2.15. The van der Waals surface area contributed by atoms with Crippen molar-refractivity contribution in [1.29, 1.82) is 0 Å². The Morgan fingerprint density at radius 2 is 2.00 bits per heavy atom. The van der Waals surface area contributed by atoms with Gasteiger partial charge in [0.1, 0.15) is 5.76 Å². The second-order valence-corrected chi connectivity index (χ2v) is 5.20. The van der Waals surface area contributed by atoms with Gasteiger partial charge in [-0.15, -0.1) is 0 Å². The highest BCUT2D eigenvalue weighted by Gasteiger charge is 2.17. The molecule has 1 unspecified atom stereocenters. The largest absolute Gasteiger partial charge is 0.469 e. The van der Waals surface area contributed by atoms with Crippen LogP contribution in [0.1, 0.15) is 53.4 Å². The van der Waals surface area contributed by atoms with E-state index in [0.29, 0.717) is 17.2 Å². The van der Waals surface area contributed by atoms with Crippen LogP contribution in [0, 0.1) is 13.8 Å². The third kappa shape index (κ3) is 2.77. The van der Waals surface area contributed by atoms with Gasteiger partial charge in [0.15, 0.2) is 0 Å². The molecule has 1 amide bonds. The molecule has 0 aliphatic heterocycles. The molecule has 2 aromatic rings. The molecule has 20 heavy (non-hydrogen) atoms. The molecule has 0 spiro atoms. The van der Waals surface area contributed by atoms with Gasteiger partial charge in [-0.05, 0) is 37.8 Å². The van der Waals surface area contributed by atoms with E-state index in [2.05, 4.69) is 25.2 Å². The molecular formula is C17H21NO2. The molecule has 0 bridgehead atoms. The van der Waals surface area contributed by atoms with Crippen LogP contribution in [0.2, 0.25) is 0 Å². The first-order valence-electron chi connectivity index (χ1n) is 6.99. The van der Waals surface area contributed by atoms with E-state index in [1.54, 1.807) is 6.26 Å². The summed E-state index contributed by atoms with van der Waals surface area (Å²) in [6.07, 6.45) is 2.65. The quantitative estimate of drug-likeness (QED) is 0.878. The summed E-state index contributed by atoms with van der Waals surface area (Å²) in [6, 6.07) is 7.96. The zero-order valence-corrected chi connectivity index (χ0v) is 12.5. The van der Waals surface area contributed by atoms with Crippen molar-refractivity contribution in [3.8, 4) is 0 Å². The molecule has 1 aromatic carbocycles. The first-order valence-corrected chi connectivity index (χ1v) is 6.99. The zero-order valence-electron chi connectivity index (χ0n) is 12.5. The van der Waals surface area contributed by atoms with Gasteiger partial charge < -0.3 is 9.73 Å². The molecular weight excluding hydrogens is 250 g/mol. The minimum Gasteiger partial charge on any atom is -0.469 e. The average molecular weight is 271 g/mol. The van der Waals surface area contributed by atoms with Crippen molar-refractivity contribution in [3.63, 3.8) is 0 Å². The summed E-state index contributed by atoms with van der Waals surface area (Å²) in [6.45, 7) is 8.00. The first kappa shape index (κ1) is 14.4. The van der Waals surface area contributed by atoms with E-state index >= 15 is 0 Å². The number of anilines is 1. The van der Waals surface area contributed by atoms with E-state index in [9.17, 15) is 4.79 Å². The lowest BCUT2D eigenvalue weighted by molar-refractivity contribution is 0.102. The molecule has 106 valence electrons. The first-order chi connectivity index (χ1) is 9.54. The third-order valence-electron chi connectivity index (χ3n) is 3.74. The minimum absolute atomic E-state index is 0.107. The van der Waals surface area contributed by atoms with Crippen LogP contribution in [0.4, 0.5) is 5.69 Å². The Bertz CT molecular complexity index is 594. The fraction of sp³-hybridized carbons (Fsp3) is 0.353. The number of benzene rings is 1. The van der Waals surface area contributed by atoms with E-state index in [1.165, 1.54) is 5.56 Å². The Hall–Kier alpha value is -2.03. The lowest BCUT2D eigenvalue weighted by Gasteiger charge is -2.15. The van der Waals surface area contributed by atoms with Crippen LogP contribution in [-0.2, 0) is 0 Å². The maximum Gasteiger partial charge on any atom is 0.259 e. The van der Waals surface area contributed by atoms with Crippen molar-refractivity contribution in [3.05, 3.63) is 53.0 Å². The van der Waals surface area contributed by atoms with E-state index in [4.69, 9.17) is 4.42 Å². The van der Waals surface area contributed by atoms with Gasteiger partial charge in [-0.1, -0.05) is 32.0 Å². The van der Waals surface area contributed by atoms with Gasteiger partial charge in [0.05, 0.1) is 11.8 Å². The van der Waals surface area contributed by atoms with E-state index in [1.807, 2.05) is 32.0 Å². The molecule has 1 heterocycles. The Kier molecular flexibility index (Phi) is 4.28. The second kappa shape index (κ2) is 5.95. The smallest absolute Gasteiger partial charge is 0.259 e. The predicted molar refractivity (Wildman–Crippen MR) is 81.3 cm³/mol. The Labute approximate surface area is 120 Å². The molecule has 0 saturated heterocycles. The topological polar surface area (TPSA) is 42.2 Å². The highest BCUT2D eigenvalue weighted by atomic mass is 16.3. The highest BCUT2D eigenvalue weighted by Crippen LogP contribution is 2.27. The summed E-state index contributed by atoms with van der Waals surface area (Å²) in [5.41, 5.74) is 3.54. The molecule has 0 radical (unpaired) electrons. The van der Waals surface area contributed by atoms with Crippen molar-refractivity contribution < 1.29 is 9.21 Å². The van der Waals surface area contributed by atoms with Crippen LogP contribution in [-0.4, -0.2) is 5.91 Å². The summed E-state index contributed by atoms with van der Waals surface area (Å²) in [4.78, 5) is 12.4. The molecule has 1 N–H and O–H groups in total. The number of hydrogen-bond acceptors (Lipinski definition) is 2. The predicted octanol–water partition coefficient (Wildman–Crippen LogP) is 4.66. The second-order valence-electron chi connectivity index (χ2n) is 5.20. The van der Waals surface area contributed by atoms with Crippen molar-refractivity contribution in [1.82, 2.24) is 0 Å². The van der Waals surface area contributed by atoms with Gasteiger partial charge in [0.25, 0.3) is 5.91 Å². The number of amides is 1. The molecule has 0 saturated carbocycles. The molecule has 2 rings (SSSR count). The maximum atomic E-state index is 12.4. The number of hydrogen-bond donors (Lipinski definition) is 1. The van der Waals surface area contributed by atoms with E-state index in [-0.39, 0.29) is 5.91 Å². The fourth-order valence-electron chi connectivity index (χ4n) is 2.36. The Morgan fingerprint density at radius 3 is 2.60 bits per heavy atom. The van der Waals surface area contributed by atoms with Crippen LogP contribution in [0.5, 0.6) is 0 Å². The highest BCUT2D eigenvalue weighted by molar-refractivity contribution is 6.06. The van der Waals surface area contributed by atoms with Crippen molar-refractivity contribution >= 4 is 11.6 Å². The monoisotopic (exact) mass is 271 g/mol. The van der Waals surface area contributed by atoms with Gasteiger partial charge in [-0.2, -0.15) is 0 Å². The Balaban J connectivity index is 2.29. The zero-order chi connectivity index (χ0) is 14.7. The van der Waals surface area contributed by atoms with Crippen LogP contribution in [0.25, 0.3) is 0 Å². The summed E-state index contributed by atoms with van der Waals surface area (Å²) in [5.74, 6) is 0.962. The van der Waals surface area contributed by atoms with Gasteiger partial charge in [-0.3, -0.25) is 4.79 Å². The molecule has 1 aromatic heterocycles. The molecule has 3 nitrogen and oxygen atoms in total. The van der Waals surface area contributed by atoms with Gasteiger partial charge >= 0.3 is 0 Å². The standard InChI is InChI=1S/C17H21NO2/c1-5-11(2)14-8-6-7-9-15(14)18-17(19)16-12(3)10-20-13(16)4/h6-11H,5H2,1-4H3,(H,18,19). The van der Waals surface area contributed by atoms with E-state index in [0.717, 1.165) is 17.7 Å². The van der Waals surface area contributed by atoms with Crippen LogP contribution >= 0.6 is 0 Å². The summed E-state index contributed by atoms with van der Waals surface area (Å²) < 4.78 is 5.29.